The highest BCUT2D eigenvalue weighted by atomic mass is 35.5. The van der Waals surface area contributed by atoms with Crippen molar-refractivity contribution < 1.29 is 9.59 Å². The molecule has 0 saturated carbocycles. The SMILES string of the molecule is Cc1ccc(-c2nc(NC(=O)CCCNC(=O)c3ccc(Cl)cc3)sc2C)cc1. The molecule has 2 amide bonds. The Bertz CT molecular complexity index is 998. The van der Waals surface area contributed by atoms with Crippen LogP contribution < -0.4 is 10.6 Å². The molecular weight excluding hydrogens is 406 g/mol. The number of hydrogen-bond acceptors (Lipinski definition) is 4. The number of amides is 2. The van der Waals surface area contributed by atoms with Gasteiger partial charge in [-0.2, -0.15) is 0 Å². The Morgan fingerprint density at radius 2 is 1.72 bits per heavy atom. The van der Waals surface area contributed by atoms with Gasteiger partial charge >= 0.3 is 0 Å². The Morgan fingerprint density at radius 3 is 2.41 bits per heavy atom. The first-order chi connectivity index (χ1) is 13.9. The molecule has 0 saturated heterocycles. The van der Waals surface area contributed by atoms with Gasteiger partial charge in [-0.1, -0.05) is 41.4 Å². The van der Waals surface area contributed by atoms with E-state index in [4.69, 9.17) is 11.6 Å². The minimum atomic E-state index is -0.180. The molecule has 150 valence electrons. The van der Waals surface area contributed by atoms with E-state index in [1.54, 1.807) is 24.3 Å². The number of halogens is 1. The van der Waals surface area contributed by atoms with E-state index in [0.717, 1.165) is 16.1 Å². The summed E-state index contributed by atoms with van der Waals surface area (Å²) in [5, 5.41) is 6.83. The van der Waals surface area contributed by atoms with E-state index in [0.29, 0.717) is 35.1 Å². The lowest BCUT2D eigenvalue weighted by molar-refractivity contribution is -0.116. The van der Waals surface area contributed by atoms with Crippen molar-refractivity contribution in [3.63, 3.8) is 0 Å². The van der Waals surface area contributed by atoms with Crippen LogP contribution in [0.15, 0.2) is 48.5 Å². The Balaban J connectivity index is 1.46. The number of nitrogens with zero attached hydrogens (tertiary/aromatic N) is 1. The number of aromatic nitrogens is 1. The van der Waals surface area contributed by atoms with Crippen LogP contribution in [0.4, 0.5) is 5.13 Å². The first kappa shape index (κ1) is 21.0. The summed E-state index contributed by atoms with van der Waals surface area (Å²) in [6, 6.07) is 14.8. The molecule has 0 unspecified atom stereocenters. The van der Waals surface area contributed by atoms with Crippen LogP contribution in [0.3, 0.4) is 0 Å². The van der Waals surface area contributed by atoms with Crippen molar-refractivity contribution >= 4 is 39.9 Å². The zero-order chi connectivity index (χ0) is 20.8. The summed E-state index contributed by atoms with van der Waals surface area (Å²) in [5.41, 5.74) is 3.66. The third kappa shape index (κ3) is 5.89. The molecule has 0 atom stereocenters. The number of anilines is 1. The predicted molar refractivity (Wildman–Crippen MR) is 119 cm³/mol. The zero-order valence-electron chi connectivity index (χ0n) is 16.3. The number of aryl methyl sites for hydroxylation is 2. The molecule has 2 aromatic carbocycles. The minimum Gasteiger partial charge on any atom is -0.352 e. The zero-order valence-corrected chi connectivity index (χ0v) is 17.9. The molecule has 3 aromatic rings. The number of rotatable bonds is 7. The Labute approximate surface area is 179 Å². The average molecular weight is 428 g/mol. The van der Waals surface area contributed by atoms with Gasteiger partial charge in [-0.05, 0) is 44.5 Å². The summed E-state index contributed by atoms with van der Waals surface area (Å²) >= 11 is 7.28. The van der Waals surface area contributed by atoms with Crippen LogP contribution in [0.25, 0.3) is 11.3 Å². The van der Waals surface area contributed by atoms with Crippen molar-refractivity contribution in [1.82, 2.24) is 10.3 Å². The number of nitrogens with one attached hydrogen (secondary N) is 2. The molecule has 5 nitrogen and oxygen atoms in total. The van der Waals surface area contributed by atoms with Gasteiger partial charge in [0.1, 0.15) is 0 Å². The van der Waals surface area contributed by atoms with Gasteiger partial charge < -0.3 is 10.6 Å². The molecule has 29 heavy (non-hydrogen) atoms. The highest BCUT2D eigenvalue weighted by Crippen LogP contribution is 2.30. The van der Waals surface area contributed by atoms with Crippen molar-refractivity contribution in [2.75, 3.05) is 11.9 Å². The van der Waals surface area contributed by atoms with Gasteiger partial charge in [-0.3, -0.25) is 9.59 Å². The summed E-state index contributed by atoms with van der Waals surface area (Å²) in [7, 11) is 0. The van der Waals surface area contributed by atoms with Crippen molar-refractivity contribution in [1.29, 1.82) is 0 Å². The number of carbonyl (C=O) groups excluding carboxylic acids is 2. The van der Waals surface area contributed by atoms with Crippen LogP contribution in [0, 0.1) is 13.8 Å². The Morgan fingerprint density at radius 1 is 1.03 bits per heavy atom. The fraction of sp³-hybridized carbons (Fsp3) is 0.227. The van der Waals surface area contributed by atoms with E-state index in [1.807, 2.05) is 38.1 Å². The largest absolute Gasteiger partial charge is 0.352 e. The molecule has 0 aliphatic heterocycles. The fourth-order valence-electron chi connectivity index (χ4n) is 2.77. The van der Waals surface area contributed by atoms with Gasteiger partial charge in [0.05, 0.1) is 5.69 Å². The summed E-state index contributed by atoms with van der Waals surface area (Å²) in [4.78, 5) is 29.8. The number of benzene rings is 2. The lowest BCUT2D eigenvalue weighted by atomic mass is 10.1. The Kier molecular flexibility index (Phi) is 7.01. The molecule has 2 N–H and O–H groups in total. The van der Waals surface area contributed by atoms with Gasteiger partial charge in [-0.15, -0.1) is 11.3 Å². The number of carbonyl (C=O) groups is 2. The van der Waals surface area contributed by atoms with Gasteiger partial charge in [0.2, 0.25) is 5.91 Å². The summed E-state index contributed by atoms with van der Waals surface area (Å²) in [6.45, 7) is 4.45. The smallest absolute Gasteiger partial charge is 0.251 e. The van der Waals surface area contributed by atoms with Crippen molar-refractivity contribution in [3.05, 3.63) is 69.6 Å². The van der Waals surface area contributed by atoms with E-state index in [9.17, 15) is 9.59 Å². The maximum atomic E-state index is 12.2. The minimum absolute atomic E-state index is 0.116. The maximum Gasteiger partial charge on any atom is 0.251 e. The summed E-state index contributed by atoms with van der Waals surface area (Å²) in [5.74, 6) is -0.296. The lowest BCUT2D eigenvalue weighted by Gasteiger charge is -2.05. The molecule has 1 aromatic heterocycles. The quantitative estimate of drug-likeness (QED) is 0.507. The summed E-state index contributed by atoms with van der Waals surface area (Å²) < 4.78 is 0. The third-order valence-corrected chi connectivity index (χ3v) is 5.48. The standard InChI is InChI=1S/C22H22ClN3O2S/c1-14-5-7-16(8-6-14)20-15(2)29-22(26-20)25-19(27)4-3-13-24-21(28)17-9-11-18(23)12-10-17/h5-12H,3-4,13H2,1-2H3,(H,24,28)(H,25,26,27). The van der Waals surface area contributed by atoms with Crippen LogP contribution in [0.2, 0.25) is 5.02 Å². The van der Waals surface area contributed by atoms with Crippen molar-refractivity contribution in [3.8, 4) is 11.3 Å². The lowest BCUT2D eigenvalue weighted by Crippen LogP contribution is -2.25. The van der Waals surface area contributed by atoms with Crippen LogP contribution in [0.1, 0.15) is 33.6 Å². The first-order valence-corrected chi connectivity index (χ1v) is 10.5. The molecule has 0 radical (unpaired) electrons. The fourth-order valence-corrected chi connectivity index (χ4v) is 3.74. The molecule has 0 bridgehead atoms. The van der Waals surface area contributed by atoms with Gasteiger partial charge in [0.25, 0.3) is 5.91 Å². The molecule has 1 heterocycles. The molecule has 7 heteroatoms. The van der Waals surface area contributed by atoms with Gasteiger partial charge in [0.15, 0.2) is 5.13 Å². The van der Waals surface area contributed by atoms with Crippen LogP contribution in [-0.4, -0.2) is 23.3 Å². The van der Waals surface area contributed by atoms with E-state index in [1.165, 1.54) is 16.9 Å². The van der Waals surface area contributed by atoms with Crippen molar-refractivity contribution in [2.45, 2.75) is 26.7 Å². The average Bonchev–Trinajstić information content (AvgIpc) is 3.06. The maximum absolute atomic E-state index is 12.2. The predicted octanol–water partition coefficient (Wildman–Crippen LogP) is 5.23. The van der Waals surface area contributed by atoms with E-state index >= 15 is 0 Å². The van der Waals surface area contributed by atoms with E-state index < -0.39 is 0 Å². The third-order valence-electron chi connectivity index (χ3n) is 4.34. The normalized spacial score (nSPS) is 10.6. The molecule has 0 spiro atoms. The molecular formula is C22H22ClN3O2S. The molecule has 0 aliphatic rings. The number of thiazole rings is 1. The Hall–Kier alpha value is -2.70. The van der Waals surface area contributed by atoms with E-state index in [-0.39, 0.29) is 11.8 Å². The number of hydrogen-bond donors (Lipinski definition) is 2. The van der Waals surface area contributed by atoms with Gasteiger partial charge in [0, 0.05) is 34.0 Å². The van der Waals surface area contributed by atoms with Gasteiger partial charge in [-0.25, -0.2) is 4.98 Å². The van der Waals surface area contributed by atoms with Crippen LogP contribution in [-0.2, 0) is 4.79 Å². The van der Waals surface area contributed by atoms with Crippen molar-refractivity contribution in [2.24, 2.45) is 0 Å². The van der Waals surface area contributed by atoms with Crippen LogP contribution >= 0.6 is 22.9 Å². The second-order valence-electron chi connectivity index (χ2n) is 6.70. The van der Waals surface area contributed by atoms with Crippen LogP contribution in [0.5, 0.6) is 0 Å². The summed E-state index contributed by atoms with van der Waals surface area (Å²) in [6.07, 6.45) is 0.847. The highest BCUT2D eigenvalue weighted by molar-refractivity contribution is 7.16. The van der Waals surface area contributed by atoms with E-state index in [2.05, 4.69) is 15.6 Å². The topological polar surface area (TPSA) is 71.1 Å². The monoisotopic (exact) mass is 427 g/mol. The molecule has 0 aliphatic carbocycles. The first-order valence-electron chi connectivity index (χ1n) is 9.30. The second-order valence-corrected chi connectivity index (χ2v) is 8.34. The molecule has 3 rings (SSSR count). The highest BCUT2D eigenvalue weighted by Gasteiger charge is 2.12. The second kappa shape index (κ2) is 9.67. The molecule has 0 fully saturated rings.